The molecule has 1 aliphatic carbocycles. The summed E-state index contributed by atoms with van der Waals surface area (Å²) in [5.74, 6) is 0. The van der Waals surface area contributed by atoms with Gasteiger partial charge in [0.15, 0.2) is 0 Å². The van der Waals surface area contributed by atoms with Crippen molar-refractivity contribution in [1.29, 1.82) is 0 Å². The van der Waals surface area contributed by atoms with Crippen molar-refractivity contribution < 1.29 is 0 Å². The highest BCUT2D eigenvalue weighted by molar-refractivity contribution is 5.28. The van der Waals surface area contributed by atoms with Crippen molar-refractivity contribution in [2.75, 3.05) is 6.54 Å². The van der Waals surface area contributed by atoms with Crippen LogP contribution in [-0.2, 0) is 0 Å². The van der Waals surface area contributed by atoms with Gasteiger partial charge in [0.2, 0.25) is 0 Å². The molecular formula is C8H9N. The van der Waals surface area contributed by atoms with Crippen LogP contribution in [0, 0.1) is 0 Å². The minimum absolute atomic E-state index is 0.564. The molecule has 0 radical (unpaired) electrons. The second-order valence-electron chi connectivity index (χ2n) is 1.78. The molecule has 46 valence electrons. The zero-order valence-corrected chi connectivity index (χ0v) is 5.17. The summed E-state index contributed by atoms with van der Waals surface area (Å²) in [6.45, 7) is 0.564. The van der Waals surface area contributed by atoms with Gasteiger partial charge >= 0.3 is 0 Å². The van der Waals surface area contributed by atoms with Crippen LogP contribution in [-0.4, -0.2) is 6.54 Å². The van der Waals surface area contributed by atoms with Crippen LogP contribution in [0.5, 0.6) is 0 Å². The molecule has 2 N–H and O–H groups in total. The zero-order valence-electron chi connectivity index (χ0n) is 5.17. The second kappa shape index (κ2) is 3.08. The SMILES string of the molecule is NCC1=C=CC=CC=C1. The average molecular weight is 119 g/mol. The lowest BCUT2D eigenvalue weighted by atomic mass is 10.3. The molecule has 0 amide bonds. The van der Waals surface area contributed by atoms with E-state index >= 15 is 0 Å². The summed E-state index contributed by atoms with van der Waals surface area (Å²) >= 11 is 0. The molecule has 0 unspecified atom stereocenters. The molecule has 1 aliphatic rings. The van der Waals surface area contributed by atoms with Crippen molar-refractivity contribution in [1.82, 2.24) is 0 Å². The molecular weight excluding hydrogens is 110 g/mol. The van der Waals surface area contributed by atoms with Gasteiger partial charge in [0.1, 0.15) is 0 Å². The van der Waals surface area contributed by atoms with E-state index in [1.807, 2.05) is 30.4 Å². The maximum atomic E-state index is 5.37. The standard InChI is InChI=1S/C8H9N/c9-7-8-5-3-1-2-4-6-8/h1-5H,7,9H2. The summed E-state index contributed by atoms with van der Waals surface area (Å²) in [6.07, 6.45) is 9.66. The Labute approximate surface area is 54.9 Å². The lowest BCUT2D eigenvalue weighted by Crippen LogP contribution is -1.99. The molecule has 0 saturated heterocycles. The predicted octanol–water partition coefficient (Wildman–Crippen LogP) is 1.15. The Morgan fingerprint density at radius 1 is 1.33 bits per heavy atom. The fraction of sp³-hybridized carbons (Fsp3) is 0.125. The van der Waals surface area contributed by atoms with Crippen molar-refractivity contribution in [2.24, 2.45) is 5.73 Å². The first-order valence-corrected chi connectivity index (χ1v) is 2.92. The topological polar surface area (TPSA) is 26.0 Å². The van der Waals surface area contributed by atoms with Crippen LogP contribution in [0.4, 0.5) is 0 Å². The Hall–Kier alpha value is -1.04. The molecule has 0 aromatic rings. The summed E-state index contributed by atoms with van der Waals surface area (Å²) < 4.78 is 0. The normalized spacial score (nSPS) is 15.4. The first-order valence-electron chi connectivity index (χ1n) is 2.92. The zero-order chi connectivity index (χ0) is 6.53. The van der Waals surface area contributed by atoms with Gasteiger partial charge in [0.05, 0.1) is 0 Å². The van der Waals surface area contributed by atoms with Gasteiger partial charge < -0.3 is 5.73 Å². The number of allylic oxidation sites excluding steroid dienone is 3. The highest BCUT2D eigenvalue weighted by Gasteiger charge is 1.83. The van der Waals surface area contributed by atoms with E-state index in [1.165, 1.54) is 0 Å². The molecule has 0 aromatic heterocycles. The van der Waals surface area contributed by atoms with Crippen molar-refractivity contribution in [3.63, 3.8) is 0 Å². The maximum absolute atomic E-state index is 5.37. The third kappa shape index (κ3) is 1.73. The number of rotatable bonds is 1. The molecule has 0 spiro atoms. The van der Waals surface area contributed by atoms with E-state index in [1.54, 1.807) is 0 Å². The van der Waals surface area contributed by atoms with Gasteiger partial charge in [-0.3, -0.25) is 0 Å². The first-order chi connectivity index (χ1) is 4.43. The van der Waals surface area contributed by atoms with E-state index in [9.17, 15) is 0 Å². The van der Waals surface area contributed by atoms with Gasteiger partial charge in [-0.2, -0.15) is 0 Å². The fourth-order valence-corrected chi connectivity index (χ4v) is 0.622. The summed E-state index contributed by atoms with van der Waals surface area (Å²) in [5, 5.41) is 0. The van der Waals surface area contributed by atoms with Crippen LogP contribution in [0.15, 0.2) is 41.7 Å². The molecule has 0 saturated carbocycles. The Balaban J connectivity index is 2.84. The molecule has 0 heterocycles. The van der Waals surface area contributed by atoms with Gasteiger partial charge in [-0.25, -0.2) is 0 Å². The van der Waals surface area contributed by atoms with Crippen LogP contribution in [0.25, 0.3) is 0 Å². The minimum Gasteiger partial charge on any atom is -0.326 e. The van der Waals surface area contributed by atoms with Gasteiger partial charge in [-0.05, 0) is 12.2 Å². The number of hydrogen-bond acceptors (Lipinski definition) is 1. The van der Waals surface area contributed by atoms with Crippen LogP contribution in [0.3, 0.4) is 0 Å². The van der Waals surface area contributed by atoms with Crippen molar-refractivity contribution >= 4 is 0 Å². The predicted molar refractivity (Wildman–Crippen MR) is 38.9 cm³/mol. The summed E-state index contributed by atoms with van der Waals surface area (Å²) in [7, 11) is 0. The van der Waals surface area contributed by atoms with Gasteiger partial charge in [-0.1, -0.05) is 18.2 Å². The van der Waals surface area contributed by atoms with E-state index in [0.29, 0.717) is 6.54 Å². The first kappa shape index (κ1) is 6.09. The molecule has 1 heteroatoms. The molecule has 9 heavy (non-hydrogen) atoms. The molecule has 0 bridgehead atoms. The van der Waals surface area contributed by atoms with Crippen molar-refractivity contribution in [3.8, 4) is 0 Å². The van der Waals surface area contributed by atoms with Crippen molar-refractivity contribution in [2.45, 2.75) is 0 Å². The third-order valence-corrected chi connectivity index (χ3v) is 1.10. The lowest BCUT2D eigenvalue weighted by molar-refractivity contribution is 1.19. The highest BCUT2D eigenvalue weighted by atomic mass is 14.5. The van der Waals surface area contributed by atoms with Gasteiger partial charge in [0, 0.05) is 12.1 Å². The maximum Gasteiger partial charge on any atom is 0.0252 e. The summed E-state index contributed by atoms with van der Waals surface area (Å²) in [4.78, 5) is 0. The van der Waals surface area contributed by atoms with E-state index < -0.39 is 0 Å². The summed E-state index contributed by atoms with van der Waals surface area (Å²) in [6, 6.07) is 0. The van der Waals surface area contributed by atoms with E-state index in [4.69, 9.17) is 5.73 Å². The number of hydrogen-bond donors (Lipinski definition) is 1. The fourth-order valence-electron chi connectivity index (χ4n) is 0.622. The monoisotopic (exact) mass is 119 g/mol. The summed E-state index contributed by atoms with van der Waals surface area (Å²) in [5.41, 5.74) is 9.44. The van der Waals surface area contributed by atoms with Crippen LogP contribution >= 0.6 is 0 Å². The Kier molecular flexibility index (Phi) is 2.08. The molecule has 0 aromatic carbocycles. The Morgan fingerprint density at radius 3 is 3.00 bits per heavy atom. The Morgan fingerprint density at radius 2 is 2.22 bits per heavy atom. The van der Waals surface area contributed by atoms with E-state index in [2.05, 4.69) is 5.73 Å². The van der Waals surface area contributed by atoms with Gasteiger partial charge in [-0.15, -0.1) is 5.73 Å². The van der Waals surface area contributed by atoms with E-state index in [-0.39, 0.29) is 0 Å². The molecule has 0 fully saturated rings. The van der Waals surface area contributed by atoms with Crippen LogP contribution < -0.4 is 5.73 Å². The second-order valence-corrected chi connectivity index (χ2v) is 1.78. The number of nitrogens with two attached hydrogens (primary N) is 1. The molecule has 1 rings (SSSR count). The van der Waals surface area contributed by atoms with Crippen LogP contribution in [0.1, 0.15) is 0 Å². The quantitative estimate of drug-likeness (QED) is 0.515. The highest BCUT2D eigenvalue weighted by Crippen LogP contribution is 1.95. The average Bonchev–Trinajstić information content (AvgIpc) is 2.13. The third-order valence-electron chi connectivity index (χ3n) is 1.10. The minimum atomic E-state index is 0.564. The Bertz CT molecular complexity index is 203. The molecule has 0 aliphatic heterocycles. The van der Waals surface area contributed by atoms with E-state index in [0.717, 1.165) is 5.57 Å². The molecule has 0 atom stereocenters. The van der Waals surface area contributed by atoms with Crippen LogP contribution in [0.2, 0.25) is 0 Å². The molecule has 1 nitrogen and oxygen atoms in total. The van der Waals surface area contributed by atoms with Gasteiger partial charge in [0.25, 0.3) is 0 Å². The smallest absolute Gasteiger partial charge is 0.0252 e. The van der Waals surface area contributed by atoms with Crippen molar-refractivity contribution in [3.05, 3.63) is 41.7 Å². The lowest BCUT2D eigenvalue weighted by Gasteiger charge is -1.86. The largest absolute Gasteiger partial charge is 0.326 e.